The summed E-state index contributed by atoms with van der Waals surface area (Å²) in [6, 6.07) is 10.7. The van der Waals surface area contributed by atoms with Crippen molar-refractivity contribution in [2.75, 3.05) is 13.2 Å². The topological polar surface area (TPSA) is 112 Å². The molecule has 0 radical (unpaired) electrons. The number of pyridine rings is 1. The van der Waals surface area contributed by atoms with Crippen LogP contribution >= 0.6 is 19.2 Å². The number of fused-ring (bicyclic) bond motifs is 1. The zero-order chi connectivity index (χ0) is 21.2. The van der Waals surface area contributed by atoms with Crippen LogP contribution in [0.4, 0.5) is 5.69 Å². The highest BCUT2D eigenvalue weighted by atomic mass is 35.5. The van der Waals surface area contributed by atoms with E-state index in [1.807, 2.05) is 0 Å². The third kappa shape index (κ3) is 4.26. The molecule has 0 saturated heterocycles. The summed E-state index contributed by atoms with van der Waals surface area (Å²) < 4.78 is 23.6. The van der Waals surface area contributed by atoms with Gasteiger partial charge in [0, 0.05) is 23.2 Å². The number of halogens is 1. The quantitative estimate of drug-likeness (QED) is 0.328. The minimum Gasteiger partial charge on any atom is -0.321 e. The molecule has 0 aliphatic carbocycles. The highest BCUT2D eigenvalue weighted by Crippen LogP contribution is 2.46. The Bertz CT molecular complexity index is 1180. The summed E-state index contributed by atoms with van der Waals surface area (Å²) in [5, 5.41) is 11.8. The number of hydrogen-bond donors (Lipinski definition) is 1. The number of nitrogens with one attached hydrogen (secondary N) is 1. The van der Waals surface area contributed by atoms with Crippen LogP contribution in [0.15, 0.2) is 47.3 Å². The molecule has 3 rings (SSSR count). The van der Waals surface area contributed by atoms with Gasteiger partial charge in [0.15, 0.2) is 0 Å². The lowest BCUT2D eigenvalue weighted by Gasteiger charge is -2.17. The number of rotatable bonds is 7. The van der Waals surface area contributed by atoms with Gasteiger partial charge in [-0.1, -0.05) is 23.7 Å². The van der Waals surface area contributed by atoms with Gasteiger partial charge in [0.25, 0.3) is 11.2 Å². The van der Waals surface area contributed by atoms with Gasteiger partial charge in [-0.25, -0.2) is 0 Å². The lowest BCUT2D eigenvalue weighted by atomic mass is 10.0. The first-order valence-electron chi connectivity index (χ1n) is 8.80. The van der Waals surface area contributed by atoms with E-state index >= 15 is 0 Å². The molecule has 1 N–H and O–H groups in total. The van der Waals surface area contributed by atoms with Crippen molar-refractivity contribution in [3.63, 3.8) is 0 Å². The number of aromatic nitrogens is 1. The average Bonchev–Trinajstić information content (AvgIpc) is 2.67. The largest absolute Gasteiger partial charge is 0.366 e. The second-order valence-corrected chi connectivity index (χ2v) is 8.44. The van der Waals surface area contributed by atoms with Crippen molar-refractivity contribution in [2.45, 2.75) is 13.8 Å². The Balaban J connectivity index is 2.21. The van der Waals surface area contributed by atoms with Crippen LogP contribution in [-0.2, 0) is 13.6 Å². The number of hydrogen-bond acceptors (Lipinski definition) is 6. The fourth-order valence-electron chi connectivity index (χ4n) is 2.94. The molecule has 29 heavy (non-hydrogen) atoms. The summed E-state index contributed by atoms with van der Waals surface area (Å²) in [6.07, 6.45) is 0. The molecule has 152 valence electrons. The second kappa shape index (κ2) is 8.47. The van der Waals surface area contributed by atoms with Crippen molar-refractivity contribution in [3.8, 4) is 11.1 Å². The zero-order valence-corrected chi connectivity index (χ0v) is 17.3. The highest BCUT2D eigenvalue weighted by molar-refractivity contribution is 7.62. The lowest BCUT2D eigenvalue weighted by Crippen LogP contribution is -2.29. The first-order valence-corrected chi connectivity index (χ1v) is 10.7. The molecule has 0 spiro atoms. The molecular weight excluding hydrogens is 419 g/mol. The Morgan fingerprint density at radius 3 is 2.45 bits per heavy atom. The van der Waals surface area contributed by atoms with Gasteiger partial charge in [-0.2, -0.15) is 0 Å². The van der Waals surface area contributed by atoms with Crippen LogP contribution in [0.5, 0.6) is 0 Å². The average molecular weight is 437 g/mol. The van der Waals surface area contributed by atoms with Crippen molar-refractivity contribution in [1.82, 2.24) is 4.98 Å². The first-order chi connectivity index (χ1) is 13.8. The molecule has 0 atom stereocenters. The molecule has 0 saturated carbocycles. The predicted molar refractivity (Wildman–Crippen MR) is 112 cm³/mol. The third-order valence-electron chi connectivity index (χ3n) is 4.17. The van der Waals surface area contributed by atoms with Gasteiger partial charge in [0.2, 0.25) is 0 Å². The van der Waals surface area contributed by atoms with E-state index in [-0.39, 0.29) is 24.2 Å². The van der Waals surface area contributed by atoms with Crippen molar-refractivity contribution in [1.29, 1.82) is 0 Å². The zero-order valence-electron chi connectivity index (χ0n) is 15.7. The van der Waals surface area contributed by atoms with Crippen LogP contribution < -0.4 is 10.9 Å². The van der Waals surface area contributed by atoms with Crippen molar-refractivity contribution < 1.29 is 18.5 Å². The number of aromatic amines is 1. The summed E-state index contributed by atoms with van der Waals surface area (Å²) in [6.45, 7) is 3.52. The second-order valence-electron chi connectivity index (χ2n) is 6.04. The smallest absolute Gasteiger partial charge is 0.321 e. The van der Waals surface area contributed by atoms with E-state index in [1.165, 1.54) is 18.2 Å². The van der Waals surface area contributed by atoms with Gasteiger partial charge in [0.05, 0.1) is 23.2 Å². The first kappa shape index (κ1) is 21.2. The Labute approximate surface area is 171 Å². The fourth-order valence-corrected chi connectivity index (χ4v) is 4.85. The van der Waals surface area contributed by atoms with Crippen molar-refractivity contribution in [2.24, 2.45) is 0 Å². The molecule has 8 nitrogen and oxygen atoms in total. The summed E-state index contributed by atoms with van der Waals surface area (Å²) in [5.74, 6) is 0. The normalized spacial score (nSPS) is 11.7. The molecule has 0 fully saturated rings. The molecule has 1 aromatic heterocycles. The molecule has 0 bridgehead atoms. The molecule has 0 aliphatic rings. The Morgan fingerprint density at radius 1 is 1.14 bits per heavy atom. The van der Waals surface area contributed by atoms with E-state index in [2.05, 4.69) is 4.98 Å². The van der Waals surface area contributed by atoms with Crippen molar-refractivity contribution in [3.05, 3.63) is 68.0 Å². The van der Waals surface area contributed by atoms with Crippen molar-refractivity contribution >= 4 is 41.1 Å². The number of non-ortho nitro benzene ring substituents is 1. The van der Waals surface area contributed by atoms with Crippen LogP contribution in [-0.4, -0.2) is 23.1 Å². The molecule has 3 aromatic rings. The fraction of sp³-hybridized carbons (Fsp3) is 0.211. The Hall–Kier alpha value is -2.51. The molecule has 0 unspecified atom stereocenters. The van der Waals surface area contributed by atoms with E-state index in [0.717, 1.165) is 0 Å². The Kier molecular flexibility index (Phi) is 6.19. The van der Waals surface area contributed by atoms with Gasteiger partial charge in [-0.15, -0.1) is 0 Å². The lowest BCUT2D eigenvalue weighted by molar-refractivity contribution is -0.384. The van der Waals surface area contributed by atoms with Gasteiger partial charge < -0.3 is 14.0 Å². The summed E-state index contributed by atoms with van der Waals surface area (Å²) in [4.78, 5) is 25.7. The van der Waals surface area contributed by atoms with E-state index in [9.17, 15) is 19.5 Å². The minimum absolute atomic E-state index is 0.0713. The number of nitro benzene ring substituents is 1. The number of nitro groups is 1. The molecule has 0 aliphatic heterocycles. The summed E-state index contributed by atoms with van der Waals surface area (Å²) in [5.41, 5.74) is 0.831. The summed E-state index contributed by atoms with van der Waals surface area (Å²) in [7, 11) is -3.80. The van der Waals surface area contributed by atoms with E-state index in [1.54, 1.807) is 38.1 Å². The van der Waals surface area contributed by atoms with Crippen LogP contribution in [0, 0.1) is 10.1 Å². The molecular formula is C19H18ClN2O6P. The molecule has 0 amide bonds. The van der Waals surface area contributed by atoms with E-state index in [4.69, 9.17) is 20.6 Å². The van der Waals surface area contributed by atoms with Gasteiger partial charge >= 0.3 is 7.60 Å². The van der Waals surface area contributed by atoms with Crippen LogP contribution in [0.25, 0.3) is 22.0 Å². The van der Waals surface area contributed by atoms with Gasteiger partial charge in [-0.05, 0) is 43.0 Å². The number of nitrogens with zero attached hydrogens (tertiary/aromatic N) is 1. The predicted octanol–water partition coefficient (Wildman–Crippen LogP) is 4.65. The SMILES string of the molecule is CCOP(=O)(OCC)c1cc2cc(-c3cccc([N+](=O)[O-])c3)c(Cl)cc2[nH]c1=O. The maximum Gasteiger partial charge on any atom is 0.366 e. The van der Waals surface area contributed by atoms with Gasteiger partial charge in [0.1, 0.15) is 5.30 Å². The van der Waals surface area contributed by atoms with Crippen LogP contribution in [0.1, 0.15) is 13.8 Å². The van der Waals surface area contributed by atoms with Crippen LogP contribution in [0.3, 0.4) is 0 Å². The maximum atomic E-state index is 13.1. The van der Waals surface area contributed by atoms with Gasteiger partial charge in [-0.3, -0.25) is 19.5 Å². The number of benzene rings is 2. The maximum absolute atomic E-state index is 13.1. The molecule has 1 heterocycles. The molecule has 10 heteroatoms. The Morgan fingerprint density at radius 2 is 1.83 bits per heavy atom. The summed E-state index contributed by atoms with van der Waals surface area (Å²) >= 11 is 6.36. The highest BCUT2D eigenvalue weighted by Gasteiger charge is 2.30. The van der Waals surface area contributed by atoms with E-state index < -0.39 is 18.1 Å². The minimum atomic E-state index is -3.80. The standard InChI is InChI=1S/C19H18ClN2O6P/c1-3-27-29(26,28-4-2)18-10-13-9-15(16(20)11-17(13)21-19(18)23)12-6-5-7-14(8-12)22(24)25/h5-11H,3-4H2,1-2H3,(H,21,23). The number of H-pyrrole nitrogens is 1. The monoisotopic (exact) mass is 436 g/mol. The van der Waals surface area contributed by atoms with E-state index in [0.29, 0.717) is 27.1 Å². The third-order valence-corrected chi connectivity index (χ3v) is 6.60. The van der Waals surface area contributed by atoms with Crippen LogP contribution in [0.2, 0.25) is 5.02 Å². The molecule has 2 aromatic carbocycles.